The predicted octanol–water partition coefficient (Wildman–Crippen LogP) is 5.19. The average molecular weight is 421 g/mol. The zero-order valence-corrected chi connectivity index (χ0v) is 17.8. The first-order valence-electron chi connectivity index (χ1n) is 9.51. The number of anilines is 1. The van der Waals surface area contributed by atoms with Gasteiger partial charge in [-0.1, -0.05) is 30.0 Å². The first-order valence-corrected chi connectivity index (χ1v) is 10.5. The minimum absolute atomic E-state index is 0.0847. The van der Waals surface area contributed by atoms with E-state index in [0.717, 1.165) is 38.7 Å². The number of benzene rings is 2. The third kappa shape index (κ3) is 4.36. The Bertz CT molecular complexity index is 1210. The normalized spacial score (nSPS) is 11.1. The van der Waals surface area contributed by atoms with Gasteiger partial charge in [-0.25, -0.2) is 13.9 Å². The van der Waals surface area contributed by atoms with Crippen molar-refractivity contribution in [2.45, 2.75) is 25.8 Å². The maximum atomic E-state index is 13.3. The van der Waals surface area contributed by atoms with E-state index in [-0.39, 0.29) is 17.5 Å². The molecular weight excluding hydrogens is 399 g/mol. The van der Waals surface area contributed by atoms with Gasteiger partial charge < -0.3 is 5.32 Å². The van der Waals surface area contributed by atoms with Crippen LogP contribution in [0.25, 0.3) is 16.8 Å². The molecule has 0 aliphatic rings. The van der Waals surface area contributed by atoms with Crippen molar-refractivity contribution in [3.8, 4) is 11.1 Å². The summed E-state index contributed by atoms with van der Waals surface area (Å²) in [5, 5.41) is 8.22. The van der Waals surface area contributed by atoms with Crippen LogP contribution in [0.5, 0.6) is 0 Å². The number of thioether (sulfide) groups is 1. The molecule has 0 spiro atoms. The van der Waals surface area contributed by atoms with E-state index in [9.17, 15) is 9.18 Å². The van der Waals surface area contributed by atoms with Gasteiger partial charge in [0.2, 0.25) is 5.91 Å². The number of amides is 1. The lowest BCUT2D eigenvalue weighted by Crippen LogP contribution is -2.14. The first-order chi connectivity index (χ1) is 14.4. The van der Waals surface area contributed by atoms with Crippen LogP contribution in [-0.4, -0.2) is 26.3 Å². The minimum Gasteiger partial charge on any atom is -0.325 e. The Morgan fingerprint density at radius 3 is 2.47 bits per heavy atom. The van der Waals surface area contributed by atoms with Crippen molar-refractivity contribution >= 4 is 29.0 Å². The zero-order valence-electron chi connectivity index (χ0n) is 16.9. The molecule has 152 valence electrons. The van der Waals surface area contributed by atoms with Gasteiger partial charge in [0.15, 0.2) is 5.65 Å². The highest BCUT2D eigenvalue weighted by atomic mass is 32.2. The van der Waals surface area contributed by atoms with E-state index in [0.29, 0.717) is 5.65 Å². The number of carbonyl (C=O) groups excluding carboxylic acids is 1. The van der Waals surface area contributed by atoms with Crippen LogP contribution < -0.4 is 5.32 Å². The minimum atomic E-state index is -0.287. The molecule has 0 atom stereocenters. The highest BCUT2D eigenvalue weighted by molar-refractivity contribution is 7.99. The van der Waals surface area contributed by atoms with Crippen LogP contribution in [0.1, 0.15) is 16.8 Å². The van der Waals surface area contributed by atoms with Crippen LogP contribution in [0.15, 0.2) is 59.8 Å². The van der Waals surface area contributed by atoms with Crippen LogP contribution >= 0.6 is 11.8 Å². The molecule has 0 unspecified atom stereocenters. The smallest absolute Gasteiger partial charge is 0.234 e. The molecule has 0 saturated heterocycles. The molecule has 0 fully saturated rings. The topological polar surface area (TPSA) is 59.3 Å². The van der Waals surface area contributed by atoms with Crippen molar-refractivity contribution in [2.75, 3.05) is 11.1 Å². The number of hydrogen-bond donors (Lipinski definition) is 1. The highest BCUT2D eigenvalue weighted by Crippen LogP contribution is 2.28. The van der Waals surface area contributed by atoms with Crippen LogP contribution in [0.2, 0.25) is 0 Å². The van der Waals surface area contributed by atoms with Crippen molar-refractivity contribution in [3.05, 3.63) is 77.4 Å². The van der Waals surface area contributed by atoms with Gasteiger partial charge in [0.25, 0.3) is 0 Å². The molecule has 0 radical (unpaired) electrons. The molecule has 0 saturated carbocycles. The zero-order chi connectivity index (χ0) is 21.3. The van der Waals surface area contributed by atoms with E-state index in [1.54, 1.807) is 22.8 Å². The summed E-state index contributed by atoms with van der Waals surface area (Å²) in [4.78, 5) is 17.1. The van der Waals surface area contributed by atoms with Crippen LogP contribution in [0.3, 0.4) is 0 Å². The maximum absolute atomic E-state index is 13.3. The van der Waals surface area contributed by atoms with E-state index in [1.807, 2.05) is 39.0 Å². The third-order valence-electron chi connectivity index (χ3n) is 4.58. The van der Waals surface area contributed by atoms with E-state index in [1.165, 1.54) is 23.9 Å². The molecule has 2 heterocycles. The number of fused-ring (bicyclic) bond motifs is 1. The molecule has 1 amide bonds. The molecule has 30 heavy (non-hydrogen) atoms. The van der Waals surface area contributed by atoms with E-state index in [2.05, 4.69) is 21.5 Å². The number of nitrogens with one attached hydrogen (secondary N) is 1. The standard InChI is InChI=1S/C23H21FN4OS/c1-14-8-15(2)10-19(9-14)27-21(29)13-30-22-11-16(3)26-23-20(12-25-28(22)23)17-4-6-18(24)7-5-17/h4-12H,13H2,1-3H3,(H,27,29). The number of hydrogen-bond acceptors (Lipinski definition) is 4. The second-order valence-electron chi connectivity index (χ2n) is 7.25. The summed E-state index contributed by atoms with van der Waals surface area (Å²) < 4.78 is 15.0. The second-order valence-corrected chi connectivity index (χ2v) is 8.25. The number of nitrogens with zero attached hydrogens (tertiary/aromatic N) is 3. The lowest BCUT2D eigenvalue weighted by atomic mass is 10.1. The Morgan fingerprint density at radius 1 is 1.07 bits per heavy atom. The molecule has 0 aliphatic carbocycles. The van der Waals surface area contributed by atoms with Crippen molar-refractivity contribution in [2.24, 2.45) is 0 Å². The van der Waals surface area contributed by atoms with Crippen molar-refractivity contribution in [1.82, 2.24) is 14.6 Å². The molecule has 7 heteroatoms. The number of aromatic nitrogens is 3. The van der Waals surface area contributed by atoms with Gasteiger partial charge in [-0.15, -0.1) is 0 Å². The largest absolute Gasteiger partial charge is 0.325 e. The molecule has 2 aromatic carbocycles. The van der Waals surface area contributed by atoms with Crippen LogP contribution in [0.4, 0.5) is 10.1 Å². The summed E-state index contributed by atoms with van der Waals surface area (Å²) in [5.74, 6) is -0.124. The van der Waals surface area contributed by atoms with Crippen molar-refractivity contribution < 1.29 is 9.18 Å². The van der Waals surface area contributed by atoms with Gasteiger partial charge in [0.1, 0.15) is 10.8 Å². The van der Waals surface area contributed by atoms with Gasteiger partial charge in [-0.05, 0) is 67.8 Å². The molecule has 4 aromatic rings. The Labute approximate surface area is 178 Å². The molecule has 0 aliphatic heterocycles. The number of aryl methyl sites for hydroxylation is 3. The van der Waals surface area contributed by atoms with Crippen LogP contribution in [-0.2, 0) is 4.79 Å². The fraction of sp³-hybridized carbons (Fsp3) is 0.174. The van der Waals surface area contributed by atoms with E-state index >= 15 is 0 Å². The highest BCUT2D eigenvalue weighted by Gasteiger charge is 2.14. The van der Waals surface area contributed by atoms with Gasteiger partial charge >= 0.3 is 0 Å². The van der Waals surface area contributed by atoms with Crippen LogP contribution in [0, 0.1) is 26.6 Å². The maximum Gasteiger partial charge on any atom is 0.234 e. The summed E-state index contributed by atoms with van der Waals surface area (Å²) >= 11 is 1.40. The first kappa shape index (κ1) is 20.1. The molecule has 4 rings (SSSR count). The second kappa shape index (κ2) is 8.28. The Balaban J connectivity index is 1.55. The Morgan fingerprint density at radius 2 is 1.77 bits per heavy atom. The number of halogens is 1. The number of rotatable bonds is 5. The summed E-state index contributed by atoms with van der Waals surface area (Å²) in [6.07, 6.45) is 1.72. The predicted molar refractivity (Wildman–Crippen MR) is 118 cm³/mol. The average Bonchev–Trinajstić information content (AvgIpc) is 3.09. The van der Waals surface area contributed by atoms with E-state index < -0.39 is 0 Å². The lowest BCUT2D eigenvalue weighted by molar-refractivity contribution is -0.113. The fourth-order valence-electron chi connectivity index (χ4n) is 3.37. The Kier molecular flexibility index (Phi) is 5.55. The third-order valence-corrected chi connectivity index (χ3v) is 5.57. The quantitative estimate of drug-likeness (QED) is 0.356. The van der Waals surface area contributed by atoms with Gasteiger partial charge in [0, 0.05) is 16.9 Å². The SMILES string of the molecule is Cc1cc(C)cc(NC(=O)CSc2cc(C)nc3c(-c4ccc(F)cc4)cnn23)c1. The van der Waals surface area contributed by atoms with E-state index in [4.69, 9.17) is 0 Å². The van der Waals surface area contributed by atoms with Crippen molar-refractivity contribution in [1.29, 1.82) is 0 Å². The number of carbonyl (C=O) groups is 1. The molecule has 2 aromatic heterocycles. The fourth-order valence-corrected chi connectivity index (χ4v) is 4.23. The van der Waals surface area contributed by atoms with Crippen molar-refractivity contribution in [3.63, 3.8) is 0 Å². The molecule has 1 N–H and O–H groups in total. The summed E-state index contributed by atoms with van der Waals surface area (Å²) in [5.41, 5.74) is 6.17. The van der Waals surface area contributed by atoms with Gasteiger partial charge in [-0.3, -0.25) is 4.79 Å². The lowest BCUT2D eigenvalue weighted by Gasteiger charge is -2.09. The van der Waals surface area contributed by atoms with Gasteiger partial charge in [0.05, 0.1) is 11.9 Å². The monoisotopic (exact) mass is 420 g/mol. The molecule has 0 bridgehead atoms. The molecular formula is C23H21FN4OS. The Hall–Kier alpha value is -3.19. The summed E-state index contributed by atoms with van der Waals surface area (Å²) in [7, 11) is 0. The van der Waals surface area contributed by atoms with Gasteiger partial charge in [-0.2, -0.15) is 5.10 Å². The summed E-state index contributed by atoms with van der Waals surface area (Å²) in [6.45, 7) is 5.91. The summed E-state index contributed by atoms with van der Waals surface area (Å²) in [6, 6.07) is 14.1. The molecule has 5 nitrogen and oxygen atoms in total.